The molecule has 0 unspecified atom stereocenters. The Kier molecular flexibility index (Phi) is 5.96. The Morgan fingerprint density at radius 2 is 1.07 bits per heavy atom. The lowest BCUT2D eigenvalue weighted by Gasteiger charge is -2.12. The Bertz CT molecular complexity index is 2550. The first-order valence-corrected chi connectivity index (χ1v) is 15.4. The topological polar surface area (TPSA) is 44.9 Å². The van der Waals surface area contributed by atoms with Crippen molar-refractivity contribution >= 4 is 43.9 Å². The highest BCUT2D eigenvalue weighted by Crippen LogP contribution is 2.45. The van der Waals surface area contributed by atoms with Crippen molar-refractivity contribution in [2.45, 2.75) is 0 Å². The van der Waals surface area contributed by atoms with Crippen LogP contribution in [0, 0.1) is 0 Å². The van der Waals surface area contributed by atoms with E-state index in [0.717, 1.165) is 83.5 Å². The van der Waals surface area contributed by atoms with Gasteiger partial charge in [-0.3, -0.25) is 9.13 Å². The molecule has 4 heterocycles. The Labute approximate surface area is 265 Å². The third-order valence-electron chi connectivity index (χ3n) is 8.84. The molecular formula is C41H28N4O. The van der Waals surface area contributed by atoms with Crippen molar-refractivity contribution in [3.63, 3.8) is 0 Å². The molecule has 218 valence electrons. The predicted molar refractivity (Wildman–Crippen MR) is 188 cm³/mol. The van der Waals surface area contributed by atoms with Crippen LogP contribution >= 0.6 is 0 Å². The summed E-state index contributed by atoms with van der Waals surface area (Å²) in [6, 6.07) is 52.6. The lowest BCUT2D eigenvalue weighted by atomic mass is 9.96. The summed E-state index contributed by atoms with van der Waals surface area (Å²) in [5, 5.41) is 4.49. The second-order valence-electron chi connectivity index (χ2n) is 11.4. The zero-order chi connectivity index (χ0) is 30.6. The van der Waals surface area contributed by atoms with E-state index in [1.54, 1.807) is 7.11 Å². The van der Waals surface area contributed by atoms with E-state index in [0.29, 0.717) is 0 Å². The van der Waals surface area contributed by atoms with Crippen LogP contribution in [0.2, 0.25) is 0 Å². The fraction of sp³-hybridized carbons (Fsp3) is 0.0244. The van der Waals surface area contributed by atoms with Crippen LogP contribution < -0.4 is 4.74 Å². The number of hydrogen-bond acceptors (Lipinski definition) is 3. The smallest absolute Gasteiger partial charge is 0.149 e. The van der Waals surface area contributed by atoms with Crippen molar-refractivity contribution in [3.8, 4) is 39.6 Å². The SMILES string of the molecule is COc1ccc(-c2c3c4ccccc4n(-c4ccccc4)c3nc3c2c2ccccc2n3-c2cccc(-c3ccccc3)n2)cc1. The highest BCUT2D eigenvalue weighted by molar-refractivity contribution is 6.26. The number of aromatic nitrogens is 4. The van der Waals surface area contributed by atoms with Gasteiger partial charge < -0.3 is 4.74 Å². The second-order valence-corrected chi connectivity index (χ2v) is 11.4. The van der Waals surface area contributed by atoms with E-state index in [1.165, 1.54) is 0 Å². The molecule has 0 bridgehead atoms. The first-order chi connectivity index (χ1) is 22.8. The van der Waals surface area contributed by atoms with Crippen LogP contribution in [-0.4, -0.2) is 26.2 Å². The minimum atomic E-state index is 0.821. The van der Waals surface area contributed by atoms with E-state index >= 15 is 0 Å². The molecular weight excluding hydrogens is 564 g/mol. The normalized spacial score (nSPS) is 11.6. The van der Waals surface area contributed by atoms with Crippen LogP contribution in [0.15, 0.2) is 152 Å². The van der Waals surface area contributed by atoms with Crippen molar-refractivity contribution in [2.24, 2.45) is 0 Å². The summed E-state index contributed by atoms with van der Waals surface area (Å²) in [5.41, 5.74) is 9.21. The molecule has 5 aromatic carbocycles. The molecule has 0 fully saturated rings. The maximum atomic E-state index is 5.59. The number of pyridine rings is 2. The van der Waals surface area contributed by atoms with Gasteiger partial charge in [0, 0.05) is 38.4 Å². The van der Waals surface area contributed by atoms with Gasteiger partial charge in [-0.05, 0) is 54.1 Å². The third kappa shape index (κ3) is 3.95. The number of benzene rings is 5. The van der Waals surface area contributed by atoms with Crippen LogP contribution in [0.25, 0.3) is 77.8 Å². The van der Waals surface area contributed by atoms with Crippen LogP contribution in [0.5, 0.6) is 5.75 Å². The van der Waals surface area contributed by atoms with E-state index in [4.69, 9.17) is 14.7 Å². The van der Waals surface area contributed by atoms with Crippen molar-refractivity contribution in [2.75, 3.05) is 7.11 Å². The van der Waals surface area contributed by atoms with Crippen molar-refractivity contribution in [1.82, 2.24) is 19.1 Å². The van der Waals surface area contributed by atoms with Crippen LogP contribution in [0.1, 0.15) is 0 Å². The van der Waals surface area contributed by atoms with E-state index in [-0.39, 0.29) is 0 Å². The molecule has 9 aromatic rings. The van der Waals surface area contributed by atoms with Gasteiger partial charge in [0.15, 0.2) is 0 Å². The maximum absolute atomic E-state index is 5.59. The van der Waals surface area contributed by atoms with E-state index in [9.17, 15) is 0 Å². The highest BCUT2D eigenvalue weighted by atomic mass is 16.5. The predicted octanol–water partition coefficient (Wildman–Crippen LogP) is 10.0. The summed E-state index contributed by atoms with van der Waals surface area (Å²) in [6.07, 6.45) is 0. The average Bonchev–Trinajstić information content (AvgIpc) is 3.64. The third-order valence-corrected chi connectivity index (χ3v) is 8.84. The number of methoxy groups -OCH3 is 1. The number of fused-ring (bicyclic) bond motifs is 6. The molecule has 0 N–H and O–H groups in total. The summed E-state index contributed by atoms with van der Waals surface area (Å²) in [7, 11) is 1.70. The minimum Gasteiger partial charge on any atom is -0.497 e. The second kappa shape index (κ2) is 10.5. The monoisotopic (exact) mass is 592 g/mol. The van der Waals surface area contributed by atoms with Crippen LogP contribution in [0.4, 0.5) is 0 Å². The largest absolute Gasteiger partial charge is 0.497 e. The zero-order valence-corrected chi connectivity index (χ0v) is 25.1. The summed E-state index contributed by atoms with van der Waals surface area (Å²) in [5.74, 6) is 1.64. The minimum absolute atomic E-state index is 0.821. The van der Waals surface area contributed by atoms with Gasteiger partial charge in [-0.15, -0.1) is 0 Å². The number of hydrogen-bond donors (Lipinski definition) is 0. The molecule has 0 saturated carbocycles. The molecule has 46 heavy (non-hydrogen) atoms. The van der Waals surface area contributed by atoms with Gasteiger partial charge in [0.2, 0.25) is 0 Å². The van der Waals surface area contributed by atoms with Crippen molar-refractivity contribution in [3.05, 3.63) is 152 Å². The fourth-order valence-electron chi connectivity index (χ4n) is 6.82. The quantitative estimate of drug-likeness (QED) is 0.200. The van der Waals surface area contributed by atoms with Gasteiger partial charge in [0.05, 0.1) is 23.8 Å². The average molecular weight is 593 g/mol. The molecule has 0 spiro atoms. The highest BCUT2D eigenvalue weighted by Gasteiger charge is 2.25. The molecule has 4 aromatic heterocycles. The zero-order valence-electron chi connectivity index (χ0n) is 25.1. The lowest BCUT2D eigenvalue weighted by Crippen LogP contribution is -2.01. The number of rotatable bonds is 5. The molecule has 0 radical (unpaired) electrons. The first-order valence-electron chi connectivity index (χ1n) is 15.4. The molecule has 0 amide bonds. The Morgan fingerprint density at radius 1 is 0.478 bits per heavy atom. The van der Waals surface area contributed by atoms with Gasteiger partial charge in [-0.25, -0.2) is 9.97 Å². The van der Waals surface area contributed by atoms with E-state index in [2.05, 4.69) is 130 Å². The summed E-state index contributed by atoms with van der Waals surface area (Å²) in [4.78, 5) is 10.8. The molecule has 0 aliphatic rings. The molecule has 5 heteroatoms. The molecule has 0 aliphatic carbocycles. The summed E-state index contributed by atoms with van der Waals surface area (Å²) in [6.45, 7) is 0. The molecule has 0 atom stereocenters. The Hall–Kier alpha value is -6.20. The molecule has 5 nitrogen and oxygen atoms in total. The lowest BCUT2D eigenvalue weighted by molar-refractivity contribution is 0.415. The molecule has 9 rings (SSSR count). The fourth-order valence-corrected chi connectivity index (χ4v) is 6.82. The number of ether oxygens (including phenoxy) is 1. The molecule has 0 saturated heterocycles. The summed E-state index contributed by atoms with van der Waals surface area (Å²) < 4.78 is 10.1. The van der Waals surface area contributed by atoms with Gasteiger partial charge in [-0.2, -0.15) is 0 Å². The Balaban J connectivity index is 1.49. The van der Waals surface area contributed by atoms with Gasteiger partial charge >= 0.3 is 0 Å². The number of nitrogens with zero attached hydrogens (tertiary/aromatic N) is 4. The van der Waals surface area contributed by atoms with Crippen molar-refractivity contribution < 1.29 is 4.74 Å². The molecule has 0 aliphatic heterocycles. The van der Waals surface area contributed by atoms with E-state index < -0.39 is 0 Å². The number of para-hydroxylation sites is 3. The maximum Gasteiger partial charge on any atom is 0.149 e. The van der Waals surface area contributed by atoms with Gasteiger partial charge in [0.25, 0.3) is 0 Å². The summed E-state index contributed by atoms with van der Waals surface area (Å²) >= 11 is 0. The van der Waals surface area contributed by atoms with Crippen LogP contribution in [-0.2, 0) is 0 Å². The van der Waals surface area contributed by atoms with E-state index in [1.807, 2.05) is 30.3 Å². The standard InChI is InChI=1S/C41H28N4O/c1-46-30-25-23-28(24-26-30)37-38-31-17-8-10-20-34(31)44(29-15-6-3-7-16-29)40(38)43-41-39(37)32-18-9-11-21-35(32)45(41)36-22-12-19-33(42-36)27-13-4-2-5-14-27/h2-26H,1H3. The van der Waals surface area contributed by atoms with Crippen LogP contribution in [0.3, 0.4) is 0 Å². The Morgan fingerprint density at radius 3 is 1.74 bits per heavy atom. The van der Waals surface area contributed by atoms with Crippen molar-refractivity contribution in [1.29, 1.82) is 0 Å². The van der Waals surface area contributed by atoms with Gasteiger partial charge in [0.1, 0.15) is 22.9 Å². The van der Waals surface area contributed by atoms with Gasteiger partial charge in [-0.1, -0.05) is 103 Å². The first kappa shape index (κ1) is 26.2.